The Morgan fingerprint density at radius 2 is 1.67 bits per heavy atom. The van der Waals surface area contributed by atoms with E-state index in [2.05, 4.69) is 0 Å². The number of likely N-dealkylation sites (tertiary alicyclic amines) is 1. The maximum Gasteiger partial charge on any atom is 0.233 e. The summed E-state index contributed by atoms with van der Waals surface area (Å²) in [5, 5.41) is 20.6. The summed E-state index contributed by atoms with van der Waals surface area (Å²) in [6.45, 7) is 3.64. The molecule has 2 amide bonds. The van der Waals surface area contributed by atoms with Crippen LogP contribution < -0.4 is 0 Å². The average Bonchev–Trinajstić information content (AvgIpc) is 3.16. The van der Waals surface area contributed by atoms with Gasteiger partial charge in [-0.2, -0.15) is 0 Å². The number of imide groups is 1. The van der Waals surface area contributed by atoms with Crippen molar-refractivity contribution in [1.29, 1.82) is 0 Å². The van der Waals surface area contributed by atoms with Gasteiger partial charge in [-0.3, -0.25) is 24.1 Å². The highest BCUT2D eigenvalue weighted by molar-refractivity contribution is 6.24. The number of fused-ring (bicyclic) bond motifs is 3. The van der Waals surface area contributed by atoms with Gasteiger partial charge in [-0.1, -0.05) is 42.0 Å². The Balaban J connectivity index is 1.39. The lowest BCUT2D eigenvalue weighted by atomic mass is 9.59. The van der Waals surface area contributed by atoms with Crippen LogP contribution in [0.2, 0.25) is 0 Å². The molecule has 0 radical (unpaired) electrons. The molecule has 2 N–H and O–H groups in total. The van der Waals surface area contributed by atoms with E-state index in [9.17, 15) is 29.4 Å². The first-order valence-electron chi connectivity index (χ1n) is 13.3. The number of carbonyl (C=O) groups is 4. The minimum absolute atomic E-state index is 0.0647. The van der Waals surface area contributed by atoms with Gasteiger partial charge in [0.1, 0.15) is 11.5 Å². The predicted molar refractivity (Wildman–Crippen MR) is 143 cm³/mol. The summed E-state index contributed by atoms with van der Waals surface area (Å²) < 4.78 is 0. The molecule has 0 aromatic heterocycles. The second-order valence-electron chi connectivity index (χ2n) is 11.0. The van der Waals surface area contributed by atoms with Crippen molar-refractivity contribution in [3.63, 3.8) is 0 Å². The Bertz CT molecular complexity index is 1540. The lowest BCUT2D eigenvalue weighted by Gasteiger charge is -2.42. The van der Waals surface area contributed by atoms with Gasteiger partial charge < -0.3 is 10.2 Å². The quantitative estimate of drug-likeness (QED) is 0.355. The Labute approximate surface area is 226 Å². The van der Waals surface area contributed by atoms with Gasteiger partial charge in [0.2, 0.25) is 11.8 Å². The third-order valence-corrected chi connectivity index (χ3v) is 8.80. The summed E-state index contributed by atoms with van der Waals surface area (Å²) in [7, 11) is 0. The van der Waals surface area contributed by atoms with Crippen molar-refractivity contribution in [1.82, 2.24) is 4.90 Å². The van der Waals surface area contributed by atoms with Crippen molar-refractivity contribution in [2.24, 2.45) is 17.8 Å². The first kappa shape index (κ1) is 25.0. The monoisotopic (exact) mass is 523 g/mol. The fourth-order valence-electron chi connectivity index (χ4n) is 6.82. The molecule has 198 valence electrons. The molecular formula is C32H29NO6. The number of carbonyl (C=O) groups excluding carboxylic acids is 4. The lowest BCUT2D eigenvalue weighted by Crippen LogP contribution is -2.40. The van der Waals surface area contributed by atoms with Crippen LogP contribution >= 0.6 is 0 Å². The maximum absolute atomic E-state index is 13.8. The van der Waals surface area contributed by atoms with Crippen LogP contribution in [0.25, 0.3) is 0 Å². The van der Waals surface area contributed by atoms with E-state index in [0.29, 0.717) is 40.7 Å². The fourth-order valence-corrected chi connectivity index (χ4v) is 6.82. The minimum atomic E-state index is -0.659. The van der Waals surface area contributed by atoms with Crippen molar-refractivity contribution in [2.45, 2.75) is 39.0 Å². The van der Waals surface area contributed by atoms with E-state index in [1.807, 2.05) is 12.1 Å². The molecule has 7 heteroatoms. The molecule has 1 saturated heterocycles. The number of Topliss-reactive ketones (excluding diaryl/α,β-unsaturated/α-hetero) is 1. The van der Waals surface area contributed by atoms with Crippen molar-refractivity contribution in [2.75, 3.05) is 6.54 Å². The molecule has 1 aliphatic heterocycles. The van der Waals surface area contributed by atoms with Crippen molar-refractivity contribution in [3.8, 4) is 11.5 Å². The molecule has 7 nitrogen and oxygen atoms in total. The number of benzene rings is 2. The number of ketones is 2. The first-order chi connectivity index (χ1) is 18.7. The van der Waals surface area contributed by atoms with Gasteiger partial charge in [0.25, 0.3) is 0 Å². The number of para-hydroxylation sites is 1. The molecule has 4 atom stereocenters. The number of aromatic hydroxyl groups is 2. The summed E-state index contributed by atoms with van der Waals surface area (Å²) in [4.78, 5) is 55.3. The van der Waals surface area contributed by atoms with Crippen LogP contribution in [0.4, 0.5) is 0 Å². The number of phenols is 2. The molecule has 1 heterocycles. The third kappa shape index (κ3) is 3.87. The molecule has 0 spiro atoms. The molecule has 0 bridgehead atoms. The van der Waals surface area contributed by atoms with Crippen molar-refractivity contribution < 1.29 is 29.4 Å². The number of allylic oxidation sites excluding steroid dienone is 6. The molecule has 2 aromatic carbocycles. The van der Waals surface area contributed by atoms with Crippen LogP contribution in [0.15, 0.2) is 76.9 Å². The van der Waals surface area contributed by atoms with Crippen LogP contribution in [0, 0.1) is 24.7 Å². The van der Waals surface area contributed by atoms with Gasteiger partial charge in [-0.25, -0.2) is 0 Å². The summed E-state index contributed by atoms with van der Waals surface area (Å²) in [6.07, 6.45) is 4.36. The molecule has 4 aliphatic rings. The SMILES string of the molecule is CC1=CC(=O)C2=C(C1=O)[C@@H](c1cccc(C)c1O)C1=CC[C@@H]3C(=O)N(CCc4ccc(O)cc4)C(=O)[C@@H]3[C@@H]1C2. The summed E-state index contributed by atoms with van der Waals surface area (Å²) >= 11 is 0. The Hall–Kier alpha value is -4.26. The smallest absolute Gasteiger partial charge is 0.233 e. The van der Waals surface area contributed by atoms with Gasteiger partial charge in [0.15, 0.2) is 11.6 Å². The topological polar surface area (TPSA) is 112 Å². The summed E-state index contributed by atoms with van der Waals surface area (Å²) in [6, 6.07) is 12.0. The molecule has 0 unspecified atom stereocenters. The number of amides is 2. The maximum atomic E-state index is 13.8. The highest BCUT2D eigenvalue weighted by Gasteiger charge is 2.56. The molecule has 39 heavy (non-hydrogen) atoms. The predicted octanol–water partition coefficient (Wildman–Crippen LogP) is 4.08. The molecule has 3 aliphatic carbocycles. The van der Waals surface area contributed by atoms with Gasteiger partial charge in [-0.05, 0) is 68.4 Å². The number of hydrogen-bond acceptors (Lipinski definition) is 6. The summed E-state index contributed by atoms with van der Waals surface area (Å²) in [5.41, 5.74) is 4.03. The number of aryl methyl sites for hydroxylation is 1. The van der Waals surface area contributed by atoms with E-state index in [1.54, 1.807) is 50.2 Å². The molecule has 2 aromatic rings. The van der Waals surface area contributed by atoms with Gasteiger partial charge in [-0.15, -0.1) is 0 Å². The summed E-state index contributed by atoms with van der Waals surface area (Å²) in [5.74, 6) is -2.95. The molecule has 0 saturated carbocycles. The van der Waals surface area contributed by atoms with E-state index < -0.39 is 23.7 Å². The largest absolute Gasteiger partial charge is 0.508 e. The first-order valence-corrected chi connectivity index (χ1v) is 13.3. The number of hydrogen-bond donors (Lipinski definition) is 2. The van der Waals surface area contributed by atoms with Crippen molar-refractivity contribution in [3.05, 3.63) is 93.6 Å². The van der Waals surface area contributed by atoms with E-state index in [0.717, 1.165) is 11.1 Å². The van der Waals surface area contributed by atoms with E-state index in [1.165, 1.54) is 11.0 Å². The Morgan fingerprint density at radius 1 is 0.923 bits per heavy atom. The standard InChI is InChI=1S/C32H29NO6/c1-16-4-3-5-21(29(16)36)26-20-10-11-22-27(23(20)15-24-25(35)14-17(2)30(37)28(24)26)32(39)33(31(22)38)13-12-18-6-8-19(34)9-7-18/h3-10,14,22-23,26-27,34,36H,11-13,15H2,1-2H3/t22-,23+,26+,27-/m0/s1. The van der Waals surface area contributed by atoms with Gasteiger partial charge >= 0.3 is 0 Å². The second-order valence-corrected chi connectivity index (χ2v) is 11.0. The van der Waals surface area contributed by atoms with Crippen LogP contribution in [0.5, 0.6) is 11.5 Å². The number of rotatable bonds is 4. The van der Waals surface area contributed by atoms with Crippen LogP contribution in [-0.4, -0.2) is 45.0 Å². The van der Waals surface area contributed by atoms with Gasteiger partial charge in [0, 0.05) is 34.7 Å². The van der Waals surface area contributed by atoms with Gasteiger partial charge in [0.05, 0.1) is 11.8 Å². The fraction of sp³-hybridized carbons (Fsp3) is 0.312. The zero-order valence-electron chi connectivity index (χ0n) is 21.8. The minimum Gasteiger partial charge on any atom is -0.508 e. The number of phenolic OH excluding ortho intramolecular Hbond substituents is 2. The van der Waals surface area contributed by atoms with Crippen LogP contribution in [0.3, 0.4) is 0 Å². The Morgan fingerprint density at radius 3 is 2.41 bits per heavy atom. The highest BCUT2D eigenvalue weighted by atomic mass is 16.3. The molecule has 6 rings (SSSR count). The van der Waals surface area contributed by atoms with E-state index in [4.69, 9.17) is 0 Å². The van der Waals surface area contributed by atoms with E-state index >= 15 is 0 Å². The van der Waals surface area contributed by atoms with Crippen LogP contribution in [-0.2, 0) is 25.6 Å². The zero-order valence-corrected chi connectivity index (χ0v) is 21.8. The lowest BCUT2D eigenvalue weighted by molar-refractivity contribution is -0.140. The van der Waals surface area contributed by atoms with E-state index in [-0.39, 0.29) is 47.8 Å². The number of nitrogens with zero attached hydrogens (tertiary/aromatic N) is 1. The third-order valence-electron chi connectivity index (χ3n) is 8.80. The highest BCUT2D eigenvalue weighted by Crippen LogP contribution is 2.56. The van der Waals surface area contributed by atoms with Crippen LogP contribution in [0.1, 0.15) is 42.4 Å². The Kier molecular flexibility index (Phi) is 5.90. The molecule has 1 fully saturated rings. The normalized spacial score (nSPS) is 26.3. The average molecular weight is 524 g/mol. The zero-order chi connectivity index (χ0) is 27.6. The second kappa shape index (κ2) is 9.19. The van der Waals surface area contributed by atoms with Crippen molar-refractivity contribution >= 4 is 23.4 Å². The molecular weight excluding hydrogens is 494 g/mol.